The molecule has 0 spiro atoms. The minimum Gasteiger partial charge on any atom is -0.431 e. The monoisotopic (exact) mass is 156 g/mol. The van der Waals surface area contributed by atoms with Gasteiger partial charge in [-0.3, -0.25) is 0 Å². The van der Waals surface area contributed by atoms with Crippen LogP contribution in [0.5, 0.6) is 0 Å². The van der Waals surface area contributed by atoms with E-state index in [4.69, 9.17) is 9.47 Å². The zero-order valence-electron chi connectivity index (χ0n) is 6.74. The van der Waals surface area contributed by atoms with Gasteiger partial charge in [-0.05, 0) is 11.8 Å². The molecule has 2 rings (SSSR count). The maximum Gasteiger partial charge on any atom is 0.508 e. The summed E-state index contributed by atoms with van der Waals surface area (Å²) >= 11 is 0. The van der Waals surface area contributed by atoms with Crippen LogP contribution in [0.4, 0.5) is 4.79 Å². The lowest BCUT2D eigenvalue weighted by Crippen LogP contribution is -2.28. The van der Waals surface area contributed by atoms with Gasteiger partial charge in [0.1, 0.15) is 12.2 Å². The Balaban J connectivity index is 2.19. The molecule has 0 aromatic heterocycles. The Morgan fingerprint density at radius 2 is 1.64 bits per heavy atom. The Morgan fingerprint density at radius 1 is 1.18 bits per heavy atom. The molecule has 0 aromatic rings. The molecule has 1 saturated carbocycles. The summed E-state index contributed by atoms with van der Waals surface area (Å²) in [5.41, 5.74) is 0. The largest absolute Gasteiger partial charge is 0.508 e. The van der Waals surface area contributed by atoms with Crippen LogP contribution in [-0.2, 0) is 9.47 Å². The van der Waals surface area contributed by atoms with Crippen molar-refractivity contribution in [1.29, 1.82) is 0 Å². The quantitative estimate of drug-likeness (QED) is 0.499. The molecule has 11 heavy (non-hydrogen) atoms. The molecule has 0 N–H and O–H groups in total. The van der Waals surface area contributed by atoms with Crippen LogP contribution in [0.15, 0.2) is 0 Å². The van der Waals surface area contributed by atoms with Crippen LogP contribution in [0.25, 0.3) is 0 Å². The maximum atomic E-state index is 10.8. The average molecular weight is 156 g/mol. The van der Waals surface area contributed by atoms with E-state index in [1.165, 1.54) is 0 Å². The van der Waals surface area contributed by atoms with Gasteiger partial charge in [-0.1, -0.05) is 13.8 Å². The van der Waals surface area contributed by atoms with E-state index in [9.17, 15) is 4.79 Å². The van der Waals surface area contributed by atoms with Gasteiger partial charge in [0, 0.05) is 6.42 Å². The second kappa shape index (κ2) is 2.13. The topological polar surface area (TPSA) is 35.5 Å². The van der Waals surface area contributed by atoms with Gasteiger partial charge in [0.15, 0.2) is 0 Å². The van der Waals surface area contributed by atoms with Crippen molar-refractivity contribution in [3.05, 3.63) is 0 Å². The summed E-state index contributed by atoms with van der Waals surface area (Å²) in [5.74, 6) is 0.901. The molecule has 4 atom stereocenters. The van der Waals surface area contributed by atoms with Crippen LogP contribution < -0.4 is 0 Å². The van der Waals surface area contributed by atoms with E-state index in [0.29, 0.717) is 11.8 Å². The second-order valence-corrected chi connectivity index (χ2v) is 3.52. The van der Waals surface area contributed by atoms with Gasteiger partial charge >= 0.3 is 6.16 Å². The standard InChI is InChI=1S/C8H12O3/c1-4-5(2)7-3-6(4)10-8(9)11-7/h4-7H,3H2,1-2H3. The highest BCUT2D eigenvalue weighted by Crippen LogP contribution is 2.39. The van der Waals surface area contributed by atoms with Crippen LogP contribution in [0, 0.1) is 11.8 Å². The molecule has 2 aliphatic rings. The van der Waals surface area contributed by atoms with E-state index in [1.807, 2.05) is 0 Å². The zero-order valence-corrected chi connectivity index (χ0v) is 6.74. The van der Waals surface area contributed by atoms with Gasteiger partial charge in [0.25, 0.3) is 0 Å². The molecule has 1 aliphatic heterocycles. The van der Waals surface area contributed by atoms with E-state index in [1.54, 1.807) is 0 Å². The van der Waals surface area contributed by atoms with E-state index < -0.39 is 6.16 Å². The first kappa shape index (κ1) is 6.95. The van der Waals surface area contributed by atoms with Crippen molar-refractivity contribution in [3.63, 3.8) is 0 Å². The predicted molar refractivity (Wildman–Crippen MR) is 38.1 cm³/mol. The van der Waals surface area contributed by atoms with Crippen LogP contribution >= 0.6 is 0 Å². The van der Waals surface area contributed by atoms with Crippen LogP contribution in [-0.4, -0.2) is 18.4 Å². The molecule has 3 nitrogen and oxygen atoms in total. The molecule has 0 amide bonds. The van der Waals surface area contributed by atoms with Crippen molar-refractivity contribution in [1.82, 2.24) is 0 Å². The van der Waals surface area contributed by atoms with Gasteiger partial charge in [0.2, 0.25) is 0 Å². The van der Waals surface area contributed by atoms with Crippen molar-refractivity contribution in [2.24, 2.45) is 11.8 Å². The Kier molecular flexibility index (Phi) is 1.34. The molecule has 62 valence electrons. The molecule has 1 aliphatic carbocycles. The molecule has 0 radical (unpaired) electrons. The van der Waals surface area contributed by atoms with Gasteiger partial charge in [-0.2, -0.15) is 0 Å². The summed E-state index contributed by atoms with van der Waals surface area (Å²) < 4.78 is 10.00. The summed E-state index contributed by atoms with van der Waals surface area (Å²) in [6.07, 6.45) is 0.614. The third kappa shape index (κ3) is 0.905. The maximum absolute atomic E-state index is 10.8. The summed E-state index contributed by atoms with van der Waals surface area (Å²) in [4.78, 5) is 10.8. The van der Waals surface area contributed by atoms with E-state index in [2.05, 4.69) is 13.8 Å². The SMILES string of the molecule is CC1C2CC(OC(=O)O2)C1C. The molecule has 4 unspecified atom stereocenters. The summed E-state index contributed by atoms with van der Waals surface area (Å²) in [6.45, 7) is 4.22. The van der Waals surface area contributed by atoms with Crippen molar-refractivity contribution in [3.8, 4) is 0 Å². The smallest absolute Gasteiger partial charge is 0.431 e. The van der Waals surface area contributed by atoms with Crippen molar-refractivity contribution < 1.29 is 14.3 Å². The Bertz CT molecular complexity index is 172. The molecular weight excluding hydrogens is 144 g/mol. The number of fused-ring (bicyclic) bond motifs is 2. The summed E-state index contributed by atoms with van der Waals surface area (Å²) in [7, 11) is 0. The molecule has 2 bridgehead atoms. The lowest BCUT2D eigenvalue weighted by Gasteiger charge is -2.20. The number of carbonyl (C=O) groups is 1. The minimum absolute atomic E-state index is 0.108. The van der Waals surface area contributed by atoms with Crippen LogP contribution in [0.1, 0.15) is 20.3 Å². The minimum atomic E-state index is -0.484. The van der Waals surface area contributed by atoms with Gasteiger partial charge in [-0.25, -0.2) is 4.79 Å². The second-order valence-electron chi connectivity index (χ2n) is 3.52. The Morgan fingerprint density at radius 3 is 2.09 bits per heavy atom. The van der Waals surface area contributed by atoms with Gasteiger partial charge in [0.05, 0.1) is 0 Å². The van der Waals surface area contributed by atoms with Crippen molar-refractivity contribution >= 4 is 6.16 Å². The fraction of sp³-hybridized carbons (Fsp3) is 0.875. The molecular formula is C8H12O3. The highest BCUT2D eigenvalue weighted by atomic mass is 16.7. The number of rotatable bonds is 0. The molecule has 1 heterocycles. The number of hydrogen-bond acceptors (Lipinski definition) is 3. The van der Waals surface area contributed by atoms with E-state index >= 15 is 0 Å². The number of ether oxygens (including phenoxy) is 2. The third-order valence-electron chi connectivity index (χ3n) is 2.96. The average Bonchev–Trinajstić information content (AvgIpc) is 2.16. The Hall–Kier alpha value is -0.730. The molecule has 0 aromatic carbocycles. The first-order valence-electron chi connectivity index (χ1n) is 4.05. The van der Waals surface area contributed by atoms with E-state index in [-0.39, 0.29) is 12.2 Å². The van der Waals surface area contributed by atoms with E-state index in [0.717, 1.165) is 6.42 Å². The lowest BCUT2D eigenvalue weighted by molar-refractivity contribution is -0.0348. The first-order chi connectivity index (χ1) is 5.18. The predicted octanol–water partition coefficient (Wildman–Crippen LogP) is 1.57. The highest BCUT2D eigenvalue weighted by Gasteiger charge is 2.46. The first-order valence-corrected chi connectivity index (χ1v) is 4.05. The highest BCUT2D eigenvalue weighted by molar-refractivity contribution is 5.61. The fourth-order valence-electron chi connectivity index (χ4n) is 1.92. The lowest BCUT2D eigenvalue weighted by atomic mass is 9.98. The molecule has 3 heteroatoms. The zero-order chi connectivity index (χ0) is 8.01. The number of hydrogen-bond donors (Lipinski definition) is 0. The molecule has 1 saturated heterocycles. The molecule has 2 fully saturated rings. The summed E-state index contributed by atoms with van der Waals surface area (Å²) in [5, 5.41) is 0. The van der Waals surface area contributed by atoms with Gasteiger partial charge < -0.3 is 9.47 Å². The van der Waals surface area contributed by atoms with Crippen molar-refractivity contribution in [2.75, 3.05) is 0 Å². The number of carbonyl (C=O) groups excluding carboxylic acids is 1. The van der Waals surface area contributed by atoms with Crippen LogP contribution in [0.2, 0.25) is 0 Å². The third-order valence-corrected chi connectivity index (χ3v) is 2.96. The Labute approximate surface area is 65.7 Å². The van der Waals surface area contributed by atoms with Crippen LogP contribution in [0.3, 0.4) is 0 Å². The normalized spacial score (nSPS) is 48.4. The fourth-order valence-corrected chi connectivity index (χ4v) is 1.92. The summed E-state index contributed by atoms with van der Waals surface area (Å²) in [6, 6.07) is 0. The van der Waals surface area contributed by atoms with Gasteiger partial charge in [-0.15, -0.1) is 0 Å². The van der Waals surface area contributed by atoms with Crippen molar-refractivity contribution in [2.45, 2.75) is 32.5 Å².